The molecule has 0 bridgehead atoms. The summed E-state index contributed by atoms with van der Waals surface area (Å²) in [7, 11) is 1.36. The van der Waals surface area contributed by atoms with Gasteiger partial charge in [-0.2, -0.15) is 0 Å². The van der Waals surface area contributed by atoms with Crippen LogP contribution in [0.5, 0.6) is 0 Å². The van der Waals surface area contributed by atoms with Crippen LogP contribution >= 0.6 is 0 Å². The molecule has 0 aromatic heterocycles. The fourth-order valence-corrected chi connectivity index (χ4v) is 2.89. The third-order valence-electron chi connectivity index (χ3n) is 4.02. The second-order valence-electron chi connectivity index (χ2n) is 6.99. The first-order valence-corrected chi connectivity index (χ1v) is 8.04. The van der Waals surface area contributed by atoms with Gasteiger partial charge in [0.25, 0.3) is 0 Å². The van der Waals surface area contributed by atoms with Crippen molar-refractivity contribution < 1.29 is 23.5 Å². The van der Waals surface area contributed by atoms with Crippen LogP contribution in [0.1, 0.15) is 45.2 Å². The first-order chi connectivity index (χ1) is 11.2. The molecule has 2 unspecified atom stereocenters. The van der Waals surface area contributed by atoms with Crippen molar-refractivity contribution in [3.8, 4) is 0 Å². The highest BCUT2D eigenvalue weighted by Gasteiger charge is 2.37. The maximum atomic E-state index is 13.2. The van der Waals surface area contributed by atoms with E-state index in [0.29, 0.717) is 19.4 Å². The van der Waals surface area contributed by atoms with E-state index in [4.69, 9.17) is 9.47 Å². The number of likely N-dealkylation sites (tertiary alicyclic amines) is 1. The monoisotopic (exact) mass is 337 g/mol. The van der Waals surface area contributed by atoms with Gasteiger partial charge in [0.15, 0.2) is 0 Å². The summed E-state index contributed by atoms with van der Waals surface area (Å²) in [5, 5.41) is 0. The zero-order valence-electron chi connectivity index (χ0n) is 14.5. The summed E-state index contributed by atoms with van der Waals surface area (Å²) in [6.07, 6.45) is 0.515. The van der Waals surface area contributed by atoms with Crippen molar-refractivity contribution in [1.29, 1.82) is 0 Å². The highest BCUT2D eigenvalue weighted by molar-refractivity contribution is 5.74. The van der Waals surface area contributed by atoms with Gasteiger partial charge in [-0.15, -0.1) is 0 Å². The number of esters is 1. The van der Waals surface area contributed by atoms with Gasteiger partial charge in [-0.05, 0) is 51.3 Å². The number of halogens is 1. The molecule has 1 aromatic rings. The van der Waals surface area contributed by atoms with Crippen LogP contribution in [0, 0.1) is 11.7 Å². The van der Waals surface area contributed by atoms with Crippen molar-refractivity contribution in [2.24, 2.45) is 5.92 Å². The fourth-order valence-electron chi connectivity index (χ4n) is 2.89. The standard InChI is InChI=1S/C18H24FNO4/c1-18(2,3)24-17(22)20-10-9-13(16(21)23-4)11-15(20)12-5-7-14(19)8-6-12/h5-8,13,15H,9-11H2,1-4H3. The molecule has 1 aliphatic heterocycles. The summed E-state index contributed by atoms with van der Waals surface area (Å²) in [4.78, 5) is 26.0. The van der Waals surface area contributed by atoms with Gasteiger partial charge in [-0.3, -0.25) is 4.79 Å². The maximum Gasteiger partial charge on any atom is 0.410 e. The number of rotatable bonds is 2. The molecule has 6 heteroatoms. The largest absolute Gasteiger partial charge is 0.469 e. The molecule has 0 radical (unpaired) electrons. The lowest BCUT2D eigenvalue weighted by Gasteiger charge is -2.39. The minimum Gasteiger partial charge on any atom is -0.469 e. The number of methoxy groups -OCH3 is 1. The van der Waals surface area contributed by atoms with Crippen LogP contribution in [0.2, 0.25) is 0 Å². The molecule has 0 N–H and O–H groups in total. The molecular formula is C18H24FNO4. The lowest BCUT2D eigenvalue weighted by molar-refractivity contribution is -0.147. The zero-order valence-corrected chi connectivity index (χ0v) is 14.5. The molecule has 5 nitrogen and oxygen atoms in total. The van der Waals surface area contributed by atoms with Crippen molar-refractivity contribution in [3.63, 3.8) is 0 Å². The molecule has 24 heavy (non-hydrogen) atoms. The van der Waals surface area contributed by atoms with Crippen LogP contribution in [0.15, 0.2) is 24.3 Å². The molecule has 0 spiro atoms. The third-order valence-corrected chi connectivity index (χ3v) is 4.02. The highest BCUT2D eigenvalue weighted by atomic mass is 19.1. The van der Waals surface area contributed by atoms with Gasteiger partial charge in [-0.25, -0.2) is 9.18 Å². The Hall–Kier alpha value is -2.11. The SMILES string of the molecule is COC(=O)C1CCN(C(=O)OC(C)(C)C)C(c2ccc(F)cc2)C1. The Labute approximate surface area is 141 Å². The van der Waals surface area contributed by atoms with Gasteiger partial charge in [-0.1, -0.05) is 12.1 Å². The second kappa shape index (κ2) is 7.20. The predicted molar refractivity (Wildman–Crippen MR) is 86.8 cm³/mol. The molecule has 0 saturated carbocycles. The molecule has 2 rings (SSSR count). The summed E-state index contributed by atoms with van der Waals surface area (Å²) in [5.74, 6) is -0.919. The topological polar surface area (TPSA) is 55.8 Å². The van der Waals surface area contributed by atoms with Crippen LogP contribution in [0.3, 0.4) is 0 Å². The van der Waals surface area contributed by atoms with Gasteiger partial charge in [0, 0.05) is 6.54 Å². The number of nitrogens with zero attached hydrogens (tertiary/aromatic N) is 1. The number of hydrogen-bond acceptors (Lipinski definition) is 4. The van der Waals surface area contributed by atoms with Crippen molar-refractivity contribution in [2.75, 3.05) is 13.7 Å². The number of piperidine rings is 1. The number of carbonyl (C=O) groups excluding carboxylic acids is 2. The Kier molecular flexibility index (Phi) is 5.47. The minimum absolute atomic E-state index is 0.286. The number of hydrogen-bond donors (Lipinski definition) is 0. The number of carbonyl (C=O) groups is 2. The van der Waals surface area contributed by atoms with Gasteiger partial charge in [0.1, 0.15) is 11.4 Å². The highest BCUT2D eigenvalue weighted by Crippen LogP contribution is 2.35. The van der Waals surface area contributed by atoms with E-state index in [9.17, 15) is 14.0 Å². The van der Waals surface area contributed by atoms with Gasteiger partial charge < -0.3 is 14.4 Å². The smallest absolute Gasteiger partial charge is 0.410 e. The Bertz CT molecular complexity index is 594. The molecular weight excluding hydrogens is 313 g/mol. The molecule has 2 atom stereocenters. The zero-order chi connectivity index (χ0) is 17.9. The van der Waals surface area contributed by atoms with Gasteiger partial charge >= 0.3 is 12.1 Å². The van der Waals surface area contributed by atoms with Gasteiger partial charge in [0.05, 0.1) is 19.1 Å². The number of amides is 1. The van der Waals surface area contributed by atoms with E-state index in [1.807, 2.05) is 0 Å². The molecule has 1 heterocycles. The van der Waals surface area contributed by atoms with E-state index < -0.39 is 11.7 Å². The molecule has 0 aliphatic carbocycles. The van der Waals surface area contributed by atoms with Crippen molar-refractivity contribution in [2.45, 2.75) is 45.3 Å². The molecule has 1 aromatic carbocycles. The molecule has 1 saturated heterocycles. The molecule has 1 amide bonds. The summed E-state index contributed by atoms with van der Waals surface area (Å²) in [6, 6.07) is 5.63. The minimum atomic E-state index is -0.608. The quantitative estimate of drug-likeness (QED) is 0.773. The predicted octanol–water partition coefficient (Wildman–Crippen LogP) is 3.69. The number of ether oxygens (including phenoxy) is 2. The van der Waals surface area contributed by atoms with Gasteiger partial charge in [0.2, 0.25) is 0 Å². The number of benzene rings is 1. The summed E-state index contributed by atoms with van der Waals surface area (Å²) < 4.78 is 23.5. The van der Waals surface area contributed by atoms with Crippen molar-refractivity contribution in [1.82, 2.24) is 4.90 Å². The van der Waals surface area contributed by atoms with E-state index in [1.165, 1.54) is 19.2 Å². The fraction of sp³-hybridized carbons (Fsp3) is 0.556. The van der Waals surface area contributed by atoms with E-state index >= 15 is 0 Å². The average molecular weight is 337 g/mol. The van der Waals surface area contributed by atoms with E-state index in [-0.39, 0.29) is 23.7 Å². The summed E-state index contributed by atoms with van der Waals surface area (Å²) in [6.45, 7) is 5.80. The Morgan fingerprint density at radius 2 is 1.83 bits per heavy atom. The van der Waals surface area contributed by atoms with E-state index in [1.54, 1.807) is 37.8 Å². The maximum absolute atomic E-state index is 13.2. The van der Waals surface area contributed by atoms with Crippen LogP contribution in [0.4, 0.5) is 9.18 Å². The first kappa shape index (κ1) is 18.2. The van der Waals surface area contributed by atoms with E-state index in [0.717, 1.165) is 5.56 Å². The van der Waals surface area contributed by atoms with Crippen molar-refractivity contribution >= 4 is 12.1 Å². The third kappa shape index (κ3) is 4.46. The lowest BCUT2D eigenvalue weighted by atomic mass is 9.87. The Balaban J connectivity index is 2.26. The van der Waals surface area contributed by atoms with E-state index in [2.05, 4.69) is 0 Å². The van der Waals surface area contributed by atoms with Crippen LogP contribution in [-0.4, -0.2) is 36.2 Å². The molecule has 1 fully saturated rings. The normalized spacial score (nSPS) is 21.3. The molecule has 132 valence electrons. The summed E-state index contributed by atoms with van der Waals surface area (Å²) in [5.41, 5.74) is 0.166. The second-order valence-corrected chi connectivity index (χ2v) is 6.99. The van der Waals surface area contributed by atoms with Crippen LogP contribution in [-0.2, 0) is 14.3 Å². The summed E-state index contributed by atoms with van der Waals surface area (Å²) >= 11 is 0. The Morgan fingerprint density at radius 3 is 2.38 bits per heavy atom. The Morgan fingerprint density at radius 1 is 1.21 bits per heavy atom. The lowest BCUT2D eigenvalue weighted by Crippen LogP contribution is -2.45. The van der Waals surface area contributed by atoms with Crippen LogP contribution in [0.25, 0.3) is 0 Å². The first-order valence-electron chi connectivity index (χ1n) is 8.04. The molecule has 1 aliphatic rings. The van der Waals surface area contributed by atoms with Crippen LogP contribution < -0.4 is 0 Å². The van der Waals surface area contributed by atoms with Crippen molar-refractivity contribution in [3.05, 3.63) is 35.6 Å². The average Bonchev–Trinajstić information content (AvgIpc) is 2.52.